The second-order valence-corrected chi connectivity index (χ2v) is 6.69. The van der Waals surface area contributed by atoms with E-state index in [1.165, 1.54) is 32.1 Å². The van der Waals surface area contributed by atoms with E-state index in [0.29, 0.717) is 5.88 Å². The van der Waals surface area contributed by atoms with E-state index in [1.54, 1.807) is 0 Å². The topological polar surface area (TPSA) is 29.1 Å². The van der Waals surface area contributed by atoms with Gasteiger partial charge in [-0.1, -0.05) is 26.2 Å². The Bertz CT molecular complexity index is 278. The van der Waals surface area contributed by atoms with E-state index < -0.39 is 0 Å². The molecule has 0 radical (unpaired) electrons. The molecule has 0 aliphatic heterocycles. The van der Waals surface area contributed by atoms with Crippen molar-refractivity contribution >= 4 is 17.5 Å². The minimum atomic E-state index is -0.0973. The van der Waals surface area contributed by atoms with E-state index in [1.807, 2.05) is 0 Å². The summed E-state index contributed by atoms with van der Waals surface area (Å²) in [4.78, 5) is 12.4. The van der Waals surface area contributed by atoms with E-state index in [4.69, 9.17) is 11.6 Å². The lowest BCUT2D eigenvalue weighted by Crippen LogP contribution is -2.53. The van der Waals surface area contributed by atoms with Gasteiger partial charge >= 0.3 is 0 Å². The van der Waals surface area contributed by atoms with Crippen LogP contribution < -0.4 is 5.32 Å². The molecule has 0 atom stereocenters. The quantitative estimate of drug-likeness (QED) is 0.776. The maximum atomic E-state index is 12.4. The van der Waals surface area contributed by atoms with Crippen molar-refractivity contribution in [1.82, 2.24) is 5.32 Å². The SMILES string of the molecule is CC1CCC(C(=O)NC2(CCl)CCCCC2)CC1. The molecule has 2 fully saturated rings. The van der Waals surface area contributed by atoms with Gasteiger partial charge in [0.05, 0.1) is 5.54 Å². The highest BCUT2D eigenvalue weighted by atomic mass is 35.5. The molecule has 3 heteroatoms. The van der Waals surface area contributed by atoms with E-state index >= 15 is 0 Å². The molecule has 2 saturated carbocycles. The monoisotopic (exact) mass is 271 g/mol. The predicted molar refractivity (Wildman–Crippen MR) is 75.8 cm³/mol. The molecule has 0 heterocycles. The number of halogens is 1. The Morgan fingerprint density at radius 1 is 1.17 bits per heavy atom. The number of hydrogen-bond acceptors (Lipinski definition) is 1. The lowest BCUT2D eigenvalue weighted by Gasteiger charge is -2.38. The number of alkyl halides is 1. The molecule has 1 amide bonds. The summed E-state index contributed by atoms with van der Waals surface area (Å²) >= 11 is 6.13. The Kier molecular flexibility index (Phi) is 4.94. The number of carbonyl (C=O) groups is 1. The molecule has 0 aromatic heterocycles. The summed E-state index contributed by atoms with van der Waals surface area (Å²) in [6, 6.07) is 0. The van der Waals surface area contributed by atoms with Gasteiger partial charge in [-0.15, -0.1) is 11.6 Å². The molecule has 0 bridgehead atoms. The molecule has 0 spiro atoms. The molecule has 2 rings (SSSR count). The molecule has 1 N–H and O–H groups in total. The van der Waals surface area contributed by atoms with Gasteiger partial charge in [-0.05, 0) is 44.4 Å². The highest BCUT2D eigenvalue weighted by molar-refractivity contribution is 6.18. The van der Waals surface area contributed by atoms with Crippen molar-refractivity contribution in [2.24, 2.45) is 11.8 Å². The first-order valence-electron chi connectivity index (χ1n) is 7.53. The van der Waals surface area contributed by atoms with Gasteiger partial charge in [0.2, 0.25) is 5.91 Å². The highest BCUT2D eigenvalue weighted by Crippen LogP contribution is 2.32. The Labute approximate surface area is 116 Å². The second kappa shape index (κ2) is 6.27. The van der Waals surface area contributed by atoms with Gasteiger partial charge in [0.1, 0.15) is 0 Å². The van der Waals surface area contributed by atoms with Crippen molar-refractivity contribution in [1.29, 1.82) is 0 Å². The van der Waals surface area contributed by atoms with Crippen molar-refractivity contribution in [3.05, 3.63) is 0 Å². The van der Waals surface area contributed by atoms with Crippen LogP contribution in [0.3, 0.4) is 0 Å². The number of amides is 1. The lowest BCUT2D eigenvalue weighted by atomic mass is 9.80. The number of carbonyl (C=O) groups excluding carboxylic acids is 1. The Morgan fingerprint density at radius 3 is 2.33 bits per heavy atom. The lowest BCUT2D eigenvalue weighted by molar-refractivity contribution is -0.128. The normalized spacial score (nSPS) is 31.9. The predicted octanol–water partition coefficient (Wildman–Crippen LogP) is 3.87. The van der Waals surface area contributed by atoms with Gasteiger partial charge in [0, 0.05) is 11.8 Å². The van der Waals surface area contributed by atoms with Crippen LogP contribution in [-0.4, -0.2) is 17.3 Å². The van der Waals surface area contributed by atoms with Crippen molar-refractivity contribution in [3.63, 3.8) is 0 Å². The minimum Gasteiger partial charge on any atom is -0.349 e. The maximum absolute atomic E-state index is 12.4. The zero-order valence-electron chi connectivity index (χ0n) is 11.5. The first-order chi connectivity index (χ1) is 8.65. The zero-order valence-corrected chi connectivity index (χ0v) is 12.3. The standard InChI is InChI=1S/C15H26ClNO/c1-12-5-7-13(8-6-12)14(18)17-15(11-16)9-3-2-4-10-15/h12-13H,2-11H2,1H3,(H,17,18). The smallest absolute Gasteiger partial charge is 0.223 e. The number of rotatable bonds is 3. The Balaban J connectivity index is 1.89. The second-order valence-electron chi connectivity index (χ2n) is 6.42. The molecule has 0 aromatic carbocycles. The summed E-state index contributed by atoms with van der Waals surface area (Å²) in [6.45, 7) is 2.29. The fourth-order valence-electron chi connectivity index (χ4n) is 3.41. The van der Waals surface area contributed by atoms with E-state index in [9.17, 15) is 4.79 Å². The van der Waals surface area contributed by atoms with Crippen LogP contribution in [0.5, 0.6) is 0 Å². The van der Waals surface area contributed by atoms with Crippen molar-refractivity contribution in [2.45, 2.75) is 70.3 Å². The molecule has 104 valence electrons. The summed E-state index contributed by atoms with van der Waals surface area (Å²) in [7, 11) is 0. The van der Waals surface area contributed by atoms with Crippen molar-refractivity contribution < 1.29 is 4.79 Å². The van der Waals surface area contributed by atoms with Crippen LogP contribution >= 0.6 is 11.6 Å². The van der Waals surface area contributed by atoms with Crippen LogP contribution in [0.1, 0.15) is 64.7 Å². The minimum absolute atomic E-state index is 0.0973. The summed E-state index contributed by atoms with van der Waals surface area (Å²) in [5, 5.41) is 3.30. The fourth-order valence-corrected chi connectivity index (χ4v) is 3.74. The third-order valence-corrected chi connectivity index (χ3v) is 5.35. The first kappa shape index (κ1) is 14.2. The van der Waals surface area contributed by atoms with Gasteiger partial charge in [0.25, 0.3) is 0 Å². The maximum Gasteiger partial charge on any atom is 0.223 e. The van der Waals surface area contributed by atoms with Crippen molar-refractivity contribution in [3.8, 4) is 0 Å². The molecule has 0 unspecified atom stereocenters. The number of hydrogen-bond donors (Lipinski definition) is 1. The van der Waals surface area contributed by atoms with Crippen molar-refractivity contribution in [2.75, 3.05) is 5.88 Å². The van der Waals surface area contributed by atoms with E-state index in [0.717, 1.165) is 31.6 Å². The molecular formula is C15H26ClNO. The third kappa shape index (κ3) is 3.40. The molecule has 18 heavy (non-hydrogen) atoms. The average Bonchev–Trinajstić information content (AvgIpc) is 2.40. The first-order valence-corrected chi connectivity index (χ1v) is 8.07. The average molecular weight is 272 g/mol. The van der Waals surface area contributed by atoms with Gasteiger partial charge in [-0.2, -0.15) is 0 Å². The van der Waals surface area contributed by atoms with E-state index in [2.05, 4.69) is 12.2 Å². The third-order valence-electron chi connectivity index (χ3n) is 4.84. The van der Waals surface area contributed by atoms with Crippen LogP contribution in [0.25, 0.3) is 0 Å². The molecule has 0 saturated heterocycles. The Morgan fingerprint density at radius 2 is 1.78 bits per heavy atom. The highest BCUT2D eigenvalue weighted by Gasteiger charge is 2.35. The zero-order chi connectivity index (χ0) is 13.0. The summed E-state index contributed by atoms with van der Waals surface area (Å²) in [5.41, 5.74) is -0.0973. The summed E-state index contributed by atoms with van der Waals surface area (Å²) < 4.78 is 0. The van der Waals surface area contributed by atoms with Crippen LogP contribution in [0.15, 0.2) is 0 Å². The fraction of sp³-hybridized carbons (Fsp3) is 0.933. The van der Waals surface area contributed by atoms with Gasteiger partial charge in [-0.3, -0.25) is 4.79 Å². The molecule has 2 aliphatic carbocycles. The van der Waals surface area contributed by atoms with E-state index in [-0.39, 0.29) is 17.4 Å². The van der Waals surface area contributed by atoms with Gasteiger partial charge < -0.3 is 5.32 Å². The summed E-state index contributed by atoms with van der Waals surface area (Å²) in [5.74, 6) is 1.88. The van der Waals surface area contributed by atoms with Gasteiger partial charge in [-0.25, -0.2) is 0 Å². The molecular weight excluding hydrogens is 246 g/mol. The summed E-state index contributed by atoms with van der Waals surface area (Å²) in [6.07, 6.45) is 10.3. The van der Waals surface area contributed by atoms with Crippen LogP contribution in [0.2, 0.25) is 0 Å². The van der Waals surface area contributed by atoms with Gasteiger partial charge in [0.15, 0.2) is 0 Å². The molecule has 2 nitrogen and oxygen atoms in total. The van der Waals surface area contributed by atoms with Crippen LogP contribution in [0.4, 0.5) is 0 Å². The van der Waals surface area contributed by atoms with Crippen LogP contribution in [0, 0.1) is 11.8 Å². The molecule has 0 aromatic rings. The van der Waals surface area contributed by atoms with Crippen LogP contribution in [-0.2, 0) is 4.79 Å². The molecule has 2 aliphatic rings. The number of nitrogens with one attached hydrogen (secondary N) is 1. The Hall–Kier alpha value is -0.240. The largest absolute Gasteiger partial charge is 0.349 e.